The normalized spacial score (nSPS) is 10.7. The van der Waals surface area contributed by atoms with Gasteiger partial charge < -0.3 is 14.5 Å². The summed E-state index contributed by atoms with van der Waals surface area (Å²) in [6.45, 7) is 1.55. The van der Waals surface area contributed by atoms with Crippen LogP contribution in [-0.2, 0) is 11.3 Å². The Morgan fingerprint density at radius 3 is 2.71 bits per heavy atom. The highest BCUT2D eigenvalue weighted by Crippen LogP contribution is 2.27. The summed E-state index contributed by atoms with van der Waals surface area (Å²) in [4.78, 5) is 34.7. The average Bonchev–Trinajstić information content (AvgIpc) is 2.66. The van der Waals surface area contributed by atoms with Gasteiger partial charge in [0.25, 0.3) is 5.69 Å². The van der Waals surface area contributed by atoms with E-state index >= 15 is 0 Å². The van der Waals surface area contributed by atoms with Crippen LogP contribution in [0.1, 0.15) is 21.5 Å². The zero-order chi connectivity index (χ0) is 20.4. The molecule has 9 heteroatoms. The fourth-order valence-corrected chi connectivity index (χ4v) is 2.88. The highest BCUT2D eigenvalue weighted by atomic mass is 35.5. The molecule has 0 saturated carbocycles. The molecule has 3 rings (SSSR count). The Morgan fingerprint density at radius 1 is 1.29 bits per heavy atom. The van der Waals surface area contributed by atoms with Crippen LogP contribution >= 0.6 is 11.6 Å². The fraction of sp³-hybridized carbons (Fsp3) is 0.158. The van der Waals surface area contributed by atoms with Crippen molar-refractivity contribution in [3.63, 3.8) is 0 Å². The molecule has 0 radical (unpaired) electrons. The number of nitrogens with zero attached hydrogens (tertiary/aromatic N) is 1. The Morgan fingerprint density at radius 2 is 2.04 bits per heavy atom. The highest BCUT2D eigenvalue weighted by Gasteiger charge is 2.18. The minimum Gasteiger partial charge on any atom is -0.457 e. The van der Waals surface area contributed by atoms with E-state index in [2.05, 4.69) is 5.32 Å². The molecule has 3 aromatic rings. The van der Waals surface area contributed by atoms with Gasteiger partial charge in [-0.05, 0) is 36.8 Å². The summed E-state index contributed by atoms with van der Waals surface area (Å²) >= 11 is 6.14. The van der Waals surface area contributed by atoms with Gasteiger partial charge in [-0.2, -0.15) is 0 Å². The minimum atomic E-state index is -0.759. The molecule has 28 heavy (non-hydrogen) atoms. The summed E-state index contributed by atoms with van der Waals surface area (Å²) in [5.74, 6) is -0.759. The molecule has 0 atom stereocenters. The number of carbonyl (C=O) groups is 1. The van der Waals surface area contributed by atoms with E-state index in [4.69, 9.17) is 20.8 Å². The van der Waals surface area contributed by atoms with E-state index in [9.17, 15) is 19.7 Å². The predicted octanol–water partition coefficient (Wildman–Crippen LogP) is 4.06. The van der Waals surface area contributed by atoms with Crippen molar-refractivity contribution >= 4 is 39.9 Å². The maximum atomic E-state index is 12.3. The fourth-order valence-electron chi connectivity index (χ4n) is 2.72. The number of esters is 1. The summed E-state index contributed by atoms with van der Waals surface area (Å²) in [6, 6.07) is 8.44. The molecule has 0 fully saturated rings. The number of hydrogen-bond donors (Lipinski definition) is 1. The van der Waals surface area contributed by atoms with E-state index in [-0.39, 0.29) is 23.5 Å². The highest BCUT2D eigenvalue weighted by molar-refractivity contribution is 6.32. The third-order valence-corrected chi connectivity index (χ3v) is 4.57. The van der Waals surface area contributed by atoms with Crippen LogP contribution in [0.5, 0.6) is 0 Å². The molecule has 0 spiro atoms. The standard InChI is InChI=1S/C19H15ClN2O6/c1-10-5-17-13(8-14(10)20)12(7-18(23)28-17)9-27-19(24)11-3-4-15(21-2)16(6-11)22(25)26/h3-8,21H,9H2,1-2H3. The predicted molar refractivity (Wildman–Crippen MR) is 104 cm³/mol. The van der Waals surface area contributed by atoms with Crippen molar-refractivity contribution in [3.8, 4) is 0 Å². The van der Waals surface area contributed by atoms with Crippen molar-refractivity contribution in [1.29, 1.82) is 0 Å². The lowest BCUT2D eigenvalue weighted by Crippen LogP contribution is -2.09. The number of nitro groups is 1. The van der Waals surface area contributed by atoms with Gasteiger partial charge in [0.05, 0.1) is 10.5 Å². The van der Waals surface area contributed by atoms with Crippen LogP contribution in [0, 0.1) is 17.0 Å². The van der Waals surface area contributed by atoms with E-state index in [1.54, 1.807) is 26.1 Å². The SMILES string of the molecule is CNc1ccc(C(=O)OCc2cc(=O)oc3cc(C)c(Cl)cc23)cc1[N+](=O)[O-]. The first-order chi connectivity index (χ1) is 13.3. The number of halogens is 1. The number of anilines is 1. The van der Waals surface area contributed by atoms with Crippen LogP contribution in [0.2, 0.25) is 5.02 Å². The summed E-state index contributed by atoms with van der Waals surface area (Å²) in [7, 11) is 1.54. The quantitative estimate of drug-likeness (QED) is 0.296. The van der Waals surface area contributed by atoms with E-state index in [0.717, 1.165) is 11.6 Å². The second-order valence-corrected chi connectivity index (χ2v) is 6.41. The van der Waals surface area contributed by atoms with Gasteiger partial charge in [-0.1, -0.05) is 11.6 Å². The molecule has 0 bridgehead atoms. The van der Waals surface area contributed by atoms with Crippen molar-refractivity contribution in [2.45, 2.75) is 13.5 Å². The van der Waals surface area contributed by atoms with Crippen LogP contribution in [0.25, 0.3) is 11.0 Å². The number of benzene rings is 2. The second kappa shape index (κ2) is 7.69. The van der Waals surface area contributed by atoms with E-state index in [1.165, 1.54) is 18.2 Å². The molecular weight excluding hydrogens is 388 g/mol. The maximum absolute atomic E-state index is 12.3. The second-order valence-electron chi connectivity index (χ2n) is 6.00. The topological polar surface area (TPSA) is 112 Å². The lowest BCUT2D eigenvalue weighted by molar-refractivity contribution is -0.384. The van der Waals surface area contributed by atoms with Crippen LogP contribution in [0.15, 0.2) is 45.6 Å². The van der Waals surface area contributed by atoms with Crippen molar-refractivity contribution in [3.05, 3.63) is 78.6 Å². The van der Waals surface area contributed by atoms with Crippen LogP contribution in [0.4, 0.5) is 11.4 Å². The average molecular weight is 403 g/mol. The maximum Gasteiger partial charge on any atom is 0.338 e. The Bertz CT molecular complexity index is 1160. The Labute approximate surface area is 163 Å². The molecule has 1 heterocycles. The molecule has 0 aliphatic rings. The van der Waals surface area contributed by atoms with Gasteiger partial charge in [0.1, 0.15) is 17.9 Å². The zero-order valence-electron chi connectivity index (χ0n) is 14.9. The zero-order valence-corrected chi connectivity index (χ0v) is 15.7. The molecule has 0 unspecified atom stereocenters. The monoisotopic (exact) mass is 402 g/mol. The number of nitrogens with one attached hydrogen (secondary N) is 1. The van der Waals surface area contributed by atoms with Crippen molar-refractivity contribution in [2.75, 3.05) is 12.4 Å². The Balaban J connectivity index is 1.89. The van der Waals surface area contributed by atoms with Gasteiger partial charge in [0.2, 0.25) is 0 Å². The molecule has 0 saturated heterocycles. The molecule has 1 aromatic heterocycles. The molecule has 0 aliphatic heterocycles. The largest absolute Gasteiger partial charge is 0.457 e. The van der Waals surface area contributed by atoms with E-state index in [1.807, 2.05) is 0 Å². The van der Waals surface area contributed by atoms with Gasteiger partial charge >= 0.3 is 11.6 Å². The molecule has 0 amide bonds. The van der Waals surface area contributed by atoms with E-state index in [0.29, 0.717) is 21.6 Å². The number of carbonyl (C=O) groups excluding carboxylic acids is 1. The molecule has 0 aliphatic carbocycles. The van der Waals surface area contributed by atoms with Crippen LogP contribution < -0.4 is 10.9 Å². The third kappa shape index (κ3) is 3.81. The van der Waals surface area contributed by atoms with Crippen molar-refractivity contribution in [2.24, 2.45) is 0 Å². The number of nitro benzene ring substituents is 1. The number of hydrogen-bond acceptors (Lipinski definition) is 7. The van der Waals surface area contributed by atoms with E-state index < -0.39 is 16.5 Å². The first-order valence-corrected chi connectivity index (χ1v) is 8.54. The van der Waals surface area contributed by atoms with Crippen LogP contribution in [-0.4, -0.2) is 17.9 Å². The third-order valence-electron chi connectivity index (χ3n) is 4.17. The van der Waals surface area contributed by atoms with Crippen LogP contribution in [0.3, 0.4) is 0 Å². The summed E-state index contributed by atoms with van der Waals surface area (Å²) < 4.78 is 10.4. The number of rotatable bonds is 5. The summed E-state index contributed by atoms with van der Waals surface area (Å²) in [5, 5.41) is 14.8. The number of fused-ring (bicyclic) bond motifs is 1. The molecular formula is C19H15ClN2O6. The van der Waals surface area contributed by atoms with Gasteiger partial charge in [-0.25, -0.2) is 9.59 Å². The molecule has 8 nitrogen and oxygen atoms in total. The van der Waals surface area contributed by atoms with Crippen molar-refractivity contribution < 1.29 is 18.9 Å². The number of aryl methyl sites for hydroxylation is 1. The molecule has 2 aromatic carbocycles. The summed E-state index contributed by atoms with van der Waals surface area (Å²) in [6.07, 6.45) is 0. The molecule has 1 N–H and O–H groups in total. The van der Waals surface area contributed by atoms with Gasteiger partial charge in [-0.15, -0.1) is 0 Å². The summed E-state index contributed by atoms with van der Waals surface area (Å²) in [5.41, 5.74) is 0.949. The minimum absolute atomic E-state index is 0.0202. The lowest BCUT2D eigenvalue weighted by Gasteiger charge is -2.09. The van der Waals surface area contributed by atoms with Gasteiger partial charge in [0.15, 0.2) is 0 Å². The van der Waals surface area contributed by atoms with Gasteiger partial charge in [-0.3, -0.25) is 10.1 Å². The first-order valence-electron chi connectivity index (χ1n) is 8.16. The van der Waals surface area contributed by atoms with Crippen molar-refractivity contribution in [1.82, 2.24) is 0 Å². The number of ether oxygens (including phenoxy) is 1. The Kier molecular flexibility index (Phi) is 5.32. The van der Waals surface area contributed by atoms with Gasteiger partial charge in [0, 0.05) is 35.2 Å². The smallest absolute Gasteiger partial charge is 0.338 e. The molecule has 144 valence electrons. The first kappa shape index (κ1) is 19.4. The lowest BCUT2D eigenvalue weighted by atomic mass is 10.1. The Hall–Kier alpha value is -3.39.